The molecule has 0 bridgehead atoms. The number of halogens is 1. The Morgan fingerprint density at radius 1 is 0.905 bits per heavy atom. The van der Waals surface area contributed by atoms with Crippen LogP contribution in [0, 0.1) is 0 Å². The summed E-state index contributed by atoms with van der Waals surface area (Å²) in [5.41, 5.74) is 3.62. The maximum absolute atomic E-state index is 8.99. The minimum absolute atomic E-state index is 0.198. The standard InChI is InChI=1S/C14H14O.C5H11Cl/c15-11-10-13-8-4-5-9-14(13)12-6-2-1-3-7-12;1-2-3-4-5-6/h1-9,15H,10-11H2;2-5H2,1H3. The molecule has 0 heterocycles. The lowest BCUT2D eigenvalue weighted by Gasteiger charge is -2.07. The van der Waals surface area contributed by atoms with E-state index in [9.17, 15) is 0 Å². The molecule has 0 atom stereocenters. The zero-order chi connectivity index (χ0) is 15.3. The molecule has 0 amide bonds. The first-order valence-corrected chi connectivity index (χ1v) is 8.17. The molecule has 2 rings (SSSR count). The Morgan fingerprint density at radius 2 is 1.57 bits per heavy atom. The second-order valence-electron chi connectivity index (χ2n) is 4.89. The van der Waals surface area contributed by atoms with Gasteiger partial charge in [-0.05, 0) is 29.5 Å². The molecule has 21 heavy (non-hydrogen) atoms. The van der Waals surface area contributed by atoms with Gasteiger partial charge in [0.05, 0.1) is 0 Å². The van der Waals surface area contributed by atoms with Gasteiger partial charge in [0.2, 0.25) is 0 Å². The van der Waals surface area contributed by atoms with E-state index in [-0.39, 0.29) is 6.61 Å². The molecule has 2 aromatic carbocycles. The molecular formula is C19H25ClO. The van der Waals surface area contributed by atoms with Crippen LogP contribution in [0.15, 0.2) is 54.6 Å². The van der Waals surface area contributed by atoms with E-state index in [1.807, 2.05) is 30.3 Å². The molecule has 0 aromatic heterocycles. The van der Waals surface area contributed by atoms with Crippen molar-refractivity contribution >= 4 is 11.6 Å². The molecule has 0 aliphatic carbocycles. The van der Waals surface area contributed by atoms with Gasteiger partial charge < -0.3 is 5.11 Å². The maximum Gasteiger partial charge on any atom is 0.0471 e. The number of hydrogen-bond donors (Lipinski definition) is 1. The Bertz CT molecular complexity index is 478. The predicted molar refractivity (Wildman–Crippen MR) is 92.9 cm³/mol. The highest BCUT2D eigenvalue weighted by molar-refractivity contribution is 6.17. The van der Waals surface area contributed by atoms with Gasteiger partial charge in [-0.25, -0.2) is 0 Å². The Hall–Kier alpha value is -1.31. The first-order chi connectivity index (χ1) is 10.3. The molecule has 0 aliphatic heterocycles. The number of hydrogen-bond acceptors (Lipinski definition) is 1. The smallest absolute Gasteiger partial charge is 0.0471 e. The van der Waals surface area contributed by atoms with E-state index in [1.165, 1.54) is 36.0 Å². The summed E-state index contributed by atoms with van der Waals surface area (Å²) in [5.74, 6) is 0.827. The summed E-state index contributed by atoms with van der Waals surface area (Å²) >= 11 is 5.38. The van der Waals surface area contributed by atoms with Gasteiger partial charge in [0.15, 0.2) is 0 Å². The van der Waals surface area contributed by atoms with Gasteiger partial charge in [0, 0.05) is 12.5 Å². The van der Waals surface area contributed by atoms with E-state index < -0.39 is 0 Å². The van der Waals surface area contributed by atoms with Gasteiger partial charge in [-0.2, -0.15) is 0 Å². The van der Waals surface area contributed by atoms with Crippen molar-refractivity contribution < 1.29 is 5.11 Å². The van der Waals surface area contributed by atoms with Crippen LogP contribution in [0.4, 0.5) is 0 Å². The summed E-state index contributed by atoms with van der Waals surface area (Å²) in [6.07, 6.45) is 4.44. The van der Waals surface area contributed by atoms with Crippen LogP contribution in [-0.4, -0.2) is 17.6 Å². The Labute approximate surface area is 133 Å². The Kier molecular flexibility index (Phi) is 9.60. The predicted octanol–water partition coefficient (Wildman–Crippen LogP) is 5.30. The van der Waals surface area contributed by atoms with Crippen molar-refractivity contribution in [3.05, 3.63) is 60.2 Å². The first kappa shape index (κ1) is 17.7. The second kappa shape index (κ2) is 11.4. The Morgan fingerprint density at radius 3 is 2.14 bits per heavy atom. The Balaban J connectivity index is 0.000000315. The molecule has 1 nitrogen and oxygen atoms in total. The van der Waals surface area contributed by atoms with Crippen molar-refractivity contribution in [3.8, 4) is 11.1 Å². The van der Waals surface area contributed by atoms with Crippen LogP contribution in [0.2, 0.25) is 0 Å². The number of aliphatic hydroxyl groups is 1. The molecular weight excluding hydrogens is 280 g/mol. The summed E-state index contributed by atoms with van der Waals surface area (Å²) < 4.78 is 0. The van der Waals surface area contributed by atoms with Crippen molar-refractivity contribution in [2.45, 2.75) is 32.6 Å². The summed E-state index contributed by atoms with van der Waals surface area (Å²) in [6, 6.07) is 18.5. The first-order valence-electron chi connectivity index (χ1n) is 7.63. The molecule has 0 aliphatic rings. The molecule has 0 unspecified atom stereocenters. The van der Waals surface area contributed by atoms with Gasteiger partial charge >= 0.3 is 0 Å². The molecule has 0 spiro atoms. The van der Waals surface area contributed by atoms with Crippen LogP contribution in [0.3, 0.4) is 0 Å². The zero-order valence-corrected chi connectivity index (χ0v) is 13.5. The number of unbranched alkanes of at least 4 members (excludes halogenated alkanes) is 2. The van der Waals surface area contributed by atoms with E-state index in [4.69, 9.17) is 16.7 Å². The summed E-state index contributed by atoms with van der Waals surface area (Å²) in [4.78, 5) is 0. The van der Waals surface area contributed by atoms with Crippen LogP contribution >= 0.6 is 11.6 Å². The largest absolute Gasteiger partial charge is 0.396 e. The van der Waals surface area contributed by atoms with Gasteiger partial charge in [-0.1, -0.05) is 74.4 Å². The van der Waals surface area contributed by atoms with Crippen LogP contribution in [0.1, 0.15) is 31.7 Å². The highest BCUT2D eigenvalue weighted by atomic mass is 35.5. The van der Waals surface area contributed by atoms with Crippen LogP contribution in [0.25, 0.3) is 11.1 Å². The van der Waals surface area contributed by atoms with Gasteiger partial charge in [-0.15, -0.1) is 11.6 Å². The molecule has 0 saturated heterocycles. The van der Waals surface area contributed by atoms with E-state index in [0.717, 1.165) is 5.88 Å². The van der Waals surface area contributed by atoms with Crippen molar-refractivity contribution in [1.29, 1.82) is 0 Å². The average molecular weight is 305 g/mol. The molecule has 2 aromatic rings. The van der Waals surface area contributed by atoms with Crippen molar-refractivity contribution in [2.24, 2.45) is 0 Å². The third-order valence-corrected chi connectivity index (χ3v) is 3.49. The summed E-state index contributed by atoms with van der Waals surface area (Å²) in [5, 5.41) is 8.99. The highest BCUT2D eigenvalue weighted by Crippen LogP contribution is 2.23. The quantitative estimate of drug-likeness (QED) is 0.567. The van der Waals surface area contributed by atoms with Crippen LogP contribution < -0.4 is 0 Å². The fourth-order valence-electron chi connectivity index (χ4n) is 2.10. The molecule has 114 valence electrons. The second-order valence-corrected chi connectivity index (χ2v) is 5.27. The third-order valence-electron chi connectivity index (χ3n) is 3.22. The molecule has 1 N–H and O–H groups in total. The number of aliphatic hydroxyl groups excluding tert-OH is 1. The van der Waals surface area contributed by atoms with Crippen molar-refractivity contribution in [2.75, 3.05) is 12.5 Å². The maximum atomic E-state index is 8.99. The highest BCUT2D eigenvalue weighted by Gasteiger charge is 2.02. The third kappa shape index (κ3) is 6.79. The molecule has 2 heteroatoms. The average Bonchev–Trinajstić information content (AvgIpc) is 2.55. The number of alkyl halides is 1. The van der Waals surface area contributed by atoms with E-state index in [2.05, 4.69) is 31.2 Å². The van der Waals surface area contributed by atoms with Gasteiger partial charge in [0.25, 0.3) is 0 Å². The van der Waals surface area contributed by atoms with Crippen molar-refractivity contribution in [3.63, 3.8) is 0 Å². The minimum atomic E-state index is 0.198. The topological polar surface area (TPSA) is 20.2 Å². The normalized spacial score (nSPS) is 9.86. The lowest BCUT2D eigenvalue weighted by Crippen LogP contribution is -1.93. The van der Waals surface area contributed by atoms with Crippen LogP contribution in [-0.2, 0) is 6.42 Å². The molecule has 0 saturated carbocycles. The van der Waals surface area contributed by atoms with E-state index in [1.54, 1.807) is 0 Å². The van der Waals surface area contributed by atoms with E-state index in [0.29, 0.717) is 6.42 Å². The van der Waals surface area contributed by atoms with Gasteiger partial charge in [0.1, 0.15) is 0 Å². The fraction of sp³-hybridized carbons (Fsp3) is 0.368. The monoisotopic (exact) mass is 304 g/mol. The minimum Gasteiger partial charge on any atom is -0.396 e. The molecule has 0 radical (unpaired) electrons. The molecule has 0 fully saturated rings. The fourth-order valence-corrected chi connectivity index (χ4v) is 2.29. The number of rotatable bonds is 6. The SMILES string of the molecule is CCCCCCl.OCCc1ccccc1-c1ccccc1. The number of benzene rings is 2. The van der Waals surface area contributed by atoms with E-state index >= 15 is 0 Å². The zero-order valence-electron chi connectivity index (χ0n) is 12.8. The lowest BCUT2D eigenvalue weighted by molar-refractivity contribution is 0.300. The van der Waals surface area contributed by atoms with Gasteiger partial charge in [-0.3, -0.25) is 0 Å². The van der Waals surface area contributed by atoms with Crippen molar-refractivity contribution in [1.82, 2.24) is 0 Å². The summed E-state index contributed by atoms with van der Waals surface area (Å²) in [6.45, 7) is 2.37. The lowest BCUT2D eigenvalue weighted by atomic mass is 9.98. The summed E-state index contributed by atoms with van der Waals surface area (Å²) in [7, 11) is 0. The van der Waals surface area contributed by atoms with Crippen LogP contribution in [0.5, 0.6) is 0 Å².